The number of nitrogens with one attached hydrogen (secondary N) is 2. The Morgan fingerprint density at radius 1 is 1.47 bits per heavy atom. The molecule has 1 aromatic rings. The molecule has 0 aliphatic carbocycles. The first-order valence-electron chi connectivity index (χ1n) is 6.21. The molecule has 0 unspecified atom stereocenters. The minimum atomic E-state index is 0.160. The van der Waals surface area contributed by atoms with Crippen molar-refractivity contribution in [1.29, 1.82) is 0 Å². The SMILES string of the molecule is NNc1ncc(Cl)c(NCCC(=O)N2CCCC2)n1. The Kier molecular flexibility index (Phi) is 4.75. The van der Waals surface area contributed by atoms with E-state index in [1.54, 1.807) is 0 Å². The Morgan fingerprint density at radius 2 is 2.21 bits per heavy atom. The van der Waals surface area contributed by atoms with Crippen molar-refractivity contribution in [3.63, 3.8) is 0 Å². The molecule has 0 bridgehead atoms. The predicted octanol–water partition coefficient (Wildman–Crippen LogP) is 0.840. The van der Waals surface area contributed by atoms with Crippen LogP contribution in [0.3, 0.4) is 0 Å². The summed E-state index contributed by atoms with van der Waals surface area (Å²) in [6.07, 6.45) is 4.07. The van der Waals surface area contributed by atoms with E-state index in [1.807, 2.05) is 4.90 Å². The number of likely N-dealkylation sites (tertiary alicyclic amines) is 1. The van der Waals surface area contributed by atoms with Crippen LogP contribution < -0.4 is 16.6 Å². The summed E-state index contributed by atoms with van der Waals surface area (Å²) in [5, 5.41) is 3.41. The molecule has 4 N–H and O–H groups in total. The first-order valence-corrected chi connectivity index (χ1v) is 6.59. The van der Waals surface area contributed by atoms with Crippen LogP contribution in [-0.4, -0.2) is 40.4 Å². The van der Waals surface area contributed by atoms with Gasteiger partial charge in [-0.05, 0) is 12.8 Å². The van der Waals surface area contributed by atoms with Gasteiger partial charge in [0.05, 0.1) is 6.20 Å². The molecule has 0 atom stereocenters. The van der Waals surface area contributed by atoms with E-state index in [9.17, 15) is 4.79 Å². The second kappa shape index (κ2) is 6.53. The molecule has 104 valence electrons. The lowest BCUT2D eigenvalue weighted by Crippen LogP contribution is -2.29. The van der Waals surface area contributed by atoms with Gasteiger partial charge in [-0.25, -0.2) is 10.8 Å². The average molecular weight is 285 g/mol. The van der Waals surface area contributed by atoms with E-state index in [4.69, 9.17) is 17.4 Å². The van der Waals surface area contributed by atoms with Crippen LogP contribution in [0.4, 0.5) is 11.8 Å². The highest BCUT2D eigenvalue weighted by Gasteiger charge is 2.17. The van der Waals surface area contributed by atoms with Crippen molar-refractivity contribution in [2.45, 2.75) is 19.3 Å². The number of nitrogen functional groups attached to an aromatic ring is 1. The number of carbonyl (C=O) groups is 1. The maximum atomic E-state index is 11.8. The topological polar surface area (TPSA) is 96.2 Å². The summed E-state index contributed by atoms with van der Waals surface area (Å²) in [7, 11) is 0. The Bertz CT molecular complexity index is 449. The van der Waals surface area contributed by atoms with Gasteiger partial charge in [0.15, 0.2) is 5.82 Å². The summed E-state index contributed by atoms with van der Waals surface area (Å²) in [4.78, 5) is 21.7. The van der Waals surface area contributed by atoms with Gasteiger partial charge in [-0.15, -0.1) is 0 Å². The number of nitrogens with zero attached hydrogens (tertiary/aromatic N) is 3. The number of hydrogen-bond donors (Lipinski definition) is 3. The molecule has 1 aliphatic heterocycles. The fraction of sp³-hybridized carbons (Fsp3) is 0.545. The maximum Gasteiger partial charge on any atom is 0.239 e. The molecule has 2 rings (SSSR count). The van der Waals surface area contributed by atoms with E-state index in [0.717, 1.165) is 25.9 Å². The highest BCUT2D eigenvalue weighted by atomic mass is 35.5. The van der Waals surface area contributed by atoms with Crippen molar-refractivity contribution >= 4 is 29.3 Å². The normalized spacial score (nSPS) is 14.5. The van der Waals surface area contributed by atoms with E-state index in [1.165, 1.54) is 6.20 Å². The van der Waals surface area contributed by atoms with Gasteiger partial charge in [0.1, 0.15) is 5.02 Å². The van der Waals surface area contributed by atoms with Crippen LogP contribution in [-0.2, 0) is 4.79 Å². The molecular formula is C11H17ClN6O. The number of halogens is 1. The van der Waals surface area contributed by atoms with E-state index in [2.05, 4.69) is 20.7 Å². The van der Waals surface area contributed by atoms with E-state index < -0.39 is 0 Å². The van der Waals surface area contributed by atoms with Gasteiger partial charge in [-0.3, -0.25) is 10.2 Å². The highest BCUT2D eigenvalue weighted by Crippen LogP contribution is 2.19. The second-order valence-electron chi connectivity index (χ2n) is 4.30. The fourth-order valence-corrected chi connectivity index (χ4v) is 2.13. The number of nitrogens with two attached hydrogens (primary N) is 1. The molecule has 1 aromatic heterocycles. The number of rotatable bonds is 5. The molecule has 1 amide bonds. The monoisotopic (exact) mass is 284 g/mol. The smallest absolute Gasteiger partial charge is 0.239 e. The molecule has 1 saturated heterocycles. The van der Waals surface area contributed by atoms with Gasteiger partial charge in [0, 0.05) is 26.1 Å². The van der Waals surface area contributed by atoms with Crippen molar-refractivity contribution < 1.29 is 4.79 Å². The summed E-state index contributed by atoms with van der Waals surface area (Å²) in [5.41, 5.74) is 2.34. The Hall–Kier alpha value is -1.60. The van der Waals surface area contributed by atoms with Gasteiger partial charge >= 0.3 is 0 Å². The number of hydrazine groups is 1. The maximum absolute atomic E-state index is 11.8. The summed E-state index contributed by atoms with van der Waals surface area (Å²) < 4.78 is 0. The van der Waals surface area contributed by atoms with Gasteiger partial charge in [-0.2, -0.15) is 4.98 Å². The zero-order valence-corrected chi connectivity index (χ0v) is 11.3. The largest absolute Gasteiger partial charge is 0.368 e. The fourth-order valence-electron chi connectivity index (χ4n) is 1.97. The van der Waals surface area contributed by atoms with Crippen LogP contribution in [0.1, 0.15) is 19.3 Å². The Balaban J connectivity index is 1.83. The van der Waals surface area contributed by atoms with E-state index in [-0.39, 0.29) is 11.9 Å². The van der Waals surface area contributed by atoms with Gasteiger partial charge < -0.3 is 10.2 Å². The van der Waals surface area contributed by atoms with Crippen molar-refractivity contribution in [1.82, 2.24) is 14.9 Å². The number of hydrogen-bond acceptors (Lipinski definition) is 6. The van der Waals surface area contributed by atoms with Crippen LogP contribution >= 0.6 is 11.6 Å². The Morgan fingerprint density at radius 3 is 2.89 bits per heavy atom. The summed E-state index contributed by atoms with van der Waals surface area (Å²) >= 11 is 5.94. The summed E-state index contributed by atoms with van der Waals surface area (Å²) in [6, 6.07) is 0. The molecule has 0 saturated carbocycles. The third-order valence-corrected chi connectivity index (χ3v) is 3.24. The van der Waals surface area contributed by atoms with Crippen molar-refractivity contribution in [2.24, 2.45) is 5.84 Å². The second-order valence-corrected chi connectivity index (χ2v) is 4.71. The summed E-state index contributed by atoms with van der Waals surface area (Å²) in [6.45, 7) is 2.22. The summed E-state index contributed by atoms with van der Waals surface area (Å²) in [5.74, 6) is 6.13. The standard InChI is InChI=1S/C11H17ClN6O/c12-8-7-15-11(17-13)16-10(8)14-4-3-9(19)18-5-1-2-6-18/h7H,1-6,13H2,(H2,14,15,16,17). The molecule has 0 aromatic carbocycles. The van der Waals surface area contributed by atoms with Crippen molar-refractivity contribution in [3.05, 3.63) is 11.2 Å². The molecule has 8 heteroatoms. The Labute approximate surface area is 116 Å². The van der Waals surface area contributed by atoms with Crippen molar-refractivity contribution in [2.75, 3.05) is 30.4 Å². The minimum Gasteiger partial charge on any atom is -0.368 e. The van der Waals surface area contributed by atoms with Crippen LogP contribution in [0.5, 0.6) is 0 Å². The first-order chi connectivity index (χ1) is 9.20. The van der Waals surface area contributed by atoms with Gasteiger partial charge in [0.25, 0.3) is 0 Å². The lowest BCUT2D eigenvalue weighted by Gasteiger charge is -2.15. The third-order valence-electron chi connectivity index (χ3n) is 2.96. The lowest BCUT2D eigenvalue weighted by molar-refractivity contribution is -0.129. The van der Waals surface area contributed by atoms with Crippen LogP contribution in [0, 0.1) is 0 Å². The number of carbonyl (C=O) groups excluding carboxylic acids is 1. The van der Waals surface area contributed by atoms with Crippen molar-refractivity contribution in [3.8, 4) is 0 Å². The van der Waals surface area contributed by atoms with Crippen LogP contribution in [0.2, 0.25) is 5.02 Å². The zero-order valence-electron chi connectivity index (χ0n) is 10.5. The van der Waals surface area contributed by atoms with E-state index >= 15 is 0 Å². The van der Waals surface area contributed by atoms with Gasteiger partial charge in [0.2, 0.25) is 11.9 Å². The van der Waals surface area contributed by atoms with Crippen LogP contribution in [0.15, 0.2) is 6.20 Å². The molecule has 0 radical (unpaired) electrons. The predicted molar refractivity (Wildman–Crippen MR) is 73.8 cm³/mol. The zero-order chi connectivity index (χ0) is 13.7. The number of amides is 1. The van der Waals surface area contributed by atoms with E-state index in [0.29, 0.717) is 23.8 Å². The minimum absolute atomic E-state index is 0.160. The molecule has 0 spiro atoms. The third kappa shape index (κ3) is 3.68. The number of anilines is 2. The number of aromatic nitrogens is 2. The molecule has 2 heterocycles. The lowest BCUT2D eigenvalue weighted by atomic mass is 10.3. The first kappa shape index (κ1) is 13.8. The molecule has 19 heavy (non-hydrogen) atoms. The average Bonchev–Trinajstić information content (AvgIpc) is 2.95. The molecule has 7 nitrogen and oxygen atoms in total. The molecule has 1 aliphatic rings. The van der Waals surface area contributed by atoms with Crippen LogP contribution in [0.25, 0.3) is 0 Å². The highest BCUT2D eigenvalue weighted by molar-refractivity contribution is 6.32. The quantitative estimate of drug-likeness (QED) is 0.548. The van der Waals surface area contributed by atoms with Gasteiger partial charge in [-0.1, -0.05) is 11.6 Å². The molecular weight excluding hydrogens is 268 g/mol. The molecule has 1 fully saturated rings.